The third kappa shape index (κ3) is 4.29. The topological polar surface area (TPSA) is 64.8 Å². The van der Waals surface area contributed by atoms with Crippen molar-refractivity contribution < 1.29 is 14.3 Å². The fourth-order valence-corrected chi connectivity index (χ4v) is 2.55. The van der Waals surface area contributed by atoms with E-state index in [2.05, 4.69) is 0 Å². The highest BCUT2D eigenvalue weighted by molar-refractivity contribution is 5.77. The monoisotopic (exact) mass is 308 g/mol. The second kappa shape index (κ2) is 7.38. The highest BCUT2D eigenvalue weighted by Gasteiger charge is 2.24. The molecule has 0 spiro atoms. The van der Waals surface area contributed by atoms with E-state index < -0.39 is 0 Å². The molecule has 0 saturated carbocycles. The molecular weight excluding hydrogens is 280 g/mol. The van der Waals surface area contributed by atoms with Crippen molar-refractivity contribution in [3.05, 3.63) is 17.7 Å². The summed E-state index contributed by atoms with van der Waals surface area (Å²) in [5.74, 6) is 1.35. The lowest BCUT2D eigenvalue weighted by Crippen LogP contribution is -2.45. The van der Waals surface area contributed by atoms with Gasteiger partial charge in [-0.25, -0.2) is 0 Å². The zero-order chi connectivity index (χ0) is 16.9. The van der Waals surface area contributed by atoms with Gasteiger partial charge in [0.2, 0.25) is 5.91 Å². The molecule has 0 aliphatic heterocycles. The Hall–Kier alpha value is -1.91. The summed E-state index contributed by atoms with van der Waals surface area (Å²) < 4.78 is 10.5. The van der Waals surface area contributed by atoms with Crippen LogP contribution in [0.2, 0.25) is 0 Å². The van der Waals surface area contributed by atoms with Crippen LogP contribution in [0, 0.1) is 0 Å². The molecule has 124 valence electrons. The van der Waals surface area contributed by atoms with Gasteiger partial charge < -0.3 is 20.1 Å². The zero-order valence-corrected chi connectivity index (χ0v) is 14.5. The third-order valence-corrected chi connectivity index (χ3v) is 3.68. The minimum absolute atomic E-state index is 0.129. The molecule has 2 N–H and O–H groups in total. The van der Waals surface area contributed by atoms with Crippen molar-refractivity contribution in [1.29, 1.82) is 0 Å². The summed E-state index contributed by atoms with van der Waals surface area (Å²) in [4.78, 5) is 14.3. The van der Waals surface area contributed by atoms with Crippen molar-refractivity contribution in [3.8, 4) is 11.5 Å². The number of benzene rings is 1. The number of ether oxygens (including phenoxy) is 2. The van der Waals surface area contributed by atoms with Crippen LogP contribution in [-0.2, 0) is 11.2 Å². The fraction of sp³-hybridized carbons (Fsp3) is 0.588. The van der Waals surface area contributed by atoms with Crippen LogP contribution < -0.4 is 15.2 Å². The normalized spacial score (nSPS) is 11.2. The number of nitrogens with two attached hydrogens (primary N) is 1. The van der Waals surface area contributed by atoms with Crippen molar-refractivity contribution in [1.82, 2.24) is 4.90 Å². The van der Waals surface area contributed by atoms with Crippen molar-refractivity contribution in [2.24, 2.45) is 0 Å². The van der Waals surface area contributed by atoms with Gasteiger partial charge in [-0.2, -0.15) is 0 Å². The van der Waals surface area contributed by atoms with Gasteiger partial charge in [-0.15, -0.1) is 0 Å². The Kier molecular flexibility index (Phi) is 6.09. The van der Waals surface area contributed by atoms with E-state index in [1.54, 1.807) is 20.3 Å². The molecule has 1 aromatic rings. The van der Waals surface area contributed by atoms with Crippen LogP contribution in [0.15, 0.2) is 12.1 Å². The van der Waals surface area contributed by atoms with Crippen LogP contribution in [0.5, 0.6) is 11.5 Å². The summed E-state index contributed by atoms with van der Waals surface area (Å²) in [6.07, 6.45) is 1.00. The molecule has 0 radical (unpaired) electrons. The van der Waals surface area contributed by atoms with Crippen LogP contribution in [0.25, 0.3) is 0 Å². The third-order valence-electron chi connectivity index (χ3n) is 3.68. The van der Waals surface area contributed by atoms with E-state index in [-0.39, 0.29) is 11.4 Å². The number of amides is 1. The van der Waals surface area contributed by atoms with E-state index >= 15 is 0 Å². The quantitative estimate of drug-likeness (QED) is 0.821. The molecule has 5 heteroatoms. The van der Waals surface area contributed by atoms with Gasteiger partial charge in [0.05, 0.1) is 14.2 Å². The number of hydrogen-bond donors (Lipinski definition) is 1. The van der Waals surface area contributed by atoms with Gasteiger partial charge in [0.1, 0.15) is 0 Å². The smallest absolute Gasteiger partial charge is 0.223 e. The molecular formula is C17H28N2O3. The number of aryl methyl sites for hydroxylation is 1. The van der Waals surface area contributed by atoms with E-state index in [4.69, 9.17) is 15.2 Å². The molecule has 0 fully saturated rings. The summed E-state index contributed by atoms with van der Waals surface area (Å²) in [6, 6.07) is 3.58. The second-order valence-electron chi connectivity index (χ2n) is 6.21. The average Bonchev–Trinajstić information content (AvgIpc) is 2.44. The largest absolute Gasteiger partial charge is 0.493 e. The predicted octanol–water partition coefficient (Wildman–Crippen LogP) is 2.87. The first-order valence-corrected chi connectivity index (χ1v) is 7.55. The number of hydrogen-bond acceptors (Lipinski definition) is 4. The molecule has 1 amide bonds. The van der Waals surface area contributed by atoms with E-state index in [0.29, 0.717) is 36.6 Å². The maximum atomic E-state index is 12.4. The summed E-state index contributed by atoms with van der Waals surface area (Å²) in [6.45, 7) is 8.81. The highest BCUT2D eigenvalue weighted by Crippen LogP contribution is 2.32. The summed E-state index contributed by atoms with van der Waals surface area (Å²) >= 11 is 0. The zero-order valence-electron chi connectivity index (χ0n) is 14.5. The Labute approximate surface area is 133 Å². The van der Waals surface area contributed by atoms with Gasteiger partial charge in [-0.1, -0.05) is 0 Å². The SMILES string of the molecule is CCN(C(=O)CCc1cc(OC)c(OC)cc1N)C(C)(C)C. The van der Waals surface area contributed by atoms with E-state index in [0.717, 1.165) is 5.56 Å². The molecule has 1 aromatic carbocycles. The molecule has 22 heavy (non-hydrogen) atoms. The maximum Gasteiger partial charge on any atom is 0.223 e. The lowest BCUT2D eigenvalue weighted by Gasteiger charge is -2.35. The Morgan fingerprint density at radius 3 is 2.18 bits per heavy atom. The summed E-state index contributed by atoms with van der Waals surface area (Å²) in [7, 11) is 3.16. The fourth-order valence-electron chi connectivity index (χ4n) is 2.55. The molecule has 1 rings (SSSR count). The first kappa shape index (κ1) is 18.1. The Balaban J connectivity index is 2.86. The molecule has 0 unspecified atom stereocenters. The van der Waals surface area contributed by atoms with Gasteiger partial charge >= 0.3 is 0 Å². The molecule has 0 saturated heterocycles. The number of anilines is 1. The van der Waals surface area contributed by atoms with Crippen molar-refractivity contribution in [2.75, 3.05) is 26.5 Å². The van der Waals surface area contributed by atoms with Crippen molar-refractivity contribution in [3.63, 3.8) is 0 Å². The van der Waals surface area contributed by atoms with Crippen LogP contribution in [0.4, 0.5) is 5.69 Å². The van der Waals surface area contributed by atoms with Crippen LogP contribution >= 0.6 is 0 Å². The number of nitrogen functional groups attached to an aromatic ring is 1. The number of carbonyl (C=O) groups is 1. The van der Waals surface area contributed by atoms with E-state index in [1.165, 1.54) is 0 Å². The minimum atomic E-state index is -0.172. The van der Waals surface area contributed by atoms with Gasteiger partial charge in [0.25, 0.3) is 0 Å². The first-order chi connectivity index (χ1) is 10.2. The minimum Gasteiger partial charge on any atom is -0.493 e. The summed E-state index contributed by atoms with van der Waals surface area (Å²) in [5, 5.41) is 0. The number of nitrogens with zero attached hydrogens (tertiary/aromatic N) is 1. The van der Waals surface area contributed by atoms with Gasteiger partial charge in [-0.05, 0) is 45.7 Å². The Morgan fingerprint density at radius 1 is 1.18 bits per heavy atom. The van der Waals surface area contributed by atoms with Crippen molar-refractivity contribution >= 4 is 11.6 Å². The molecule has 0 aromatic heterocycles. The van der Waals surface area contributed by atoms with Crippen LogP contribution in [0.3, 0.4) is 0 Å². The Morgan fingerprint density at radius 2 is 1.73 bits per heavy atom. The van der Waals surface area contributed by atoms with Crippen LogP contribution in [0.1, 0.15) is 39.7 Å². The molecule has 0 bridgehead atoms. The molecule has 0 aliphatic carbocycles. The second-order valence-corrected chi connectivity index (χ2v) is 6.21. The highest BCUT2D eigenvalue weighted by atomic mass is 16.5. The van der Waals surface area contributed by atoms with Gasteiger partial charge in [0, 0.05) is 30.3 Å². The van der Waals surface area contributed by atoms with E-state index in [1.807, 2.05) is 38.7 Å². The van der Waals surface area contributed by atoms with Crippen molar-refractivity contribution in [2.45, 2.75) is 46.1 Å². The van der Waals surface area contributed by atoms with Gasteiger partial charge in [0.15, 0.2) is 11.5 Å². The lowest BCUT2D eigenvalue weighted by molar-refractivity contribution is -0.135. The molecule has 0 heterocycles. The number of carbonyl (C=O) groups excluding carboxylic acids is 1. The standard InChI is InChI=1S/C17H28N2O3/c1-7-19(17(2,3)4)16(20)9-8-12-10-14(21-5)15(22-6)11-13(12)18/h10-11H,7-9,18H2,1-6H3. The number of rotatable bonds is 6. The van der Waals surface area contributed by atoms with E-state index in [9.17, 15) is 4.79 Å². The van der Waals surface area contributed by atoms with Crippen LogP contribution in [-0.4, -0.2) is 37.1 Å². The molecule has 0 atom stereocenters. The Bertz CT molecular complexity index is 521. The lowest BCUT2D eigenvalue weighted by atomic mass is 10.0. The molecule has 0 aliphatic rings. The molecule has 5 nitrogen and oxygen atoms in total. The average molecular weight is 308 g/mol. The maximum absolute atomic E-state index is 12.4. The summed E-state index contributed by atoms with van der Waals surface area (Å²) in [5.41, 5.74) is 7.38. The number of methoxy groups -OCH3 is 2. The van der Waals surface area contributed by atoms with Gasteiger partial charge in [-0.3, -0.25) is 4.79 Å². The predicted molar refractivity (Wildman–Crippen MR) is 89.4 cm³/mol. The first-order valence-electron chi connectivity index (χ1n) is 7.55.